The van der Waals surface area contributed by atoms with Crippen LogP contribution in [0.2, 0.25) is 0 Å². The number of hydrogen-bond acceptors (Lipinski definition) is 2. The molecule has 0 spiro atoms. The fraction of sp³-hybridized carbons (Fsp3) is 0.462. The number of nitriles is 1. The van der Waals surface area contributed by atoms with Gasteiger partial charge in [-0.3, -0.25) is 0 Å². The molecule has 2 nitrogen and oxygen atoms in total. The van der Waals surface area contributed by atoms with Gasteiger partial charge in [-0.2, -0.15) is 5.26 Å². The summed E-state index contributed by atoms with van der Waals surface area (Å²) in [4.78, 5) is 0. The molecule has 2 heteroatoms. The summed E-state index contributed by atoms with van der Waals surface area (Å²) in [6.45, 7) is 4.92. The minimum absolute atomic E-state index is 0.470. The van der Waals surface area contributed by atoms with Crippen LogP contribution >= 0.6 is 0 Å². The van der Waals surface area contributed by atoms with Crippen molar-refractivity contribution in [2.45, 2.75) is 32.6 Å². The van der Waals surface area contributed by atoms with Gasteiger partial charge in [-0.15, -0.1) is 0 Å². The Kier molecular flexibility index (Phi) is 4.70. The number of ether oxygens (including phenoxy) is 1. The van der Waals surface area contributed by atoms with Crippen LogP contribution in [0.1, 0.15) is 38.2 Å². The summed E-state index contributed by atoms with van der Waals surface area (Å²) in [6, 6.07) is 10.2. The van der Waals surface area contributed by atoms with E-state index in [1.807, 2.05) is 18.2 Å². The molecule has 0 saturated carbocycles. The van der Waals surface area contributed by atoms with Gasteiger partial charge in [0, 0.05) is 6.42 Å². The number of nitrogens with zero attached hydrogens (tertiary/aromatic N) is 1. The second-order valence-corrected chi connectivity index (χ2v) is 3.80. The second-order valence-electron chi connectivity index (χ2n) is 3.80. The largest absolute Gasteiger partial charge is 0.493 e. The number of rotatable bonds is 5. The zero-order chi connectivity index (χ0) is 11.1. The molecule has 0 aliphatic rings. The molecular formula is C13H17NO. The molecule has 0 atom stereocenters. The Morgan fingerprint density at radius 2 is 2.07 bits per heavy atom. The molecule has 1 aromatic rings. The van der Waals surface area contributed by atoms with Crippen molar-refractivity contribution in [3.63, 3.8) is 0 Å². The molecule has 0 radical (unpaired) electrons. The lowest BCUT2D eigenvalue weighted by atomic mass is 10.0. The Labute approximate surface area is 91.5 Å². The third kappa shape index (κ3) is 3.63. The maximum Gasteiger partial charge on any atom is 0.122 e. The number of unbranched alkanes of at least 4 members (excludes halogenated alkanes) is 1. The molecule has 1 rings (SSSR count). The molecule has 1 aromatic carbocycles. The van der Waals surface area contributed by atoms with E-state index in [1.165, 1.54) is 5.56 Å². The Balaban J connectivity index is 2.56. The average molecular weight is 203 g/mol. The number of para-hydroxylation sites is 1. The minimum atomic E-state index is 0.470. The maximum atomic E-state index is 8.40. The Hall–Kier alpha value is -1.49. The summed E-state index contributed by atoms with van der Waals surface area (Å²) in [5.74, 6) is 1.42. The van der Waals surface area contributed by atoms with Gasteiger partial charge in [0.05, 0.1) is 12.7 Å². The highest BCUT2D eigenvalue weighted by Gasteiger charge is 2.05. The highest BCUT2D eigenvalue weighted by Crippen LogP contribution is 2.25. The first-order chi connectivity index (χ1) is 7.25. The summed E-state index contributed by atoms with van der Waals surface area (Å²) < 4.78 is 5.65. The zero-order valence-corrected chi connectivity index (χ0v) is 9.36. The Morgan fingerprint density at radius 3 is 2.73 bits per heavy atom. The Bertz CT molecular complexity index is 339. The normalized spacial score (nSPS) is 10.0. The van der Waals surface area contributed by atoms with Crippen molar-refractivity contribution in [1.82, 2.24) is 0 Å². The standard InChI is InChI=1S/C13H17NO/c1-11(2)12-7-3-4-8-13(12)15-10-6-5-9-14/h3-4,7-8,11H,5-6,10H2,1-2H3. The van der Waals surface area contributed by atoms with Crippen LogP contribution in [0.3, 0.4) is 0 Å². The fourth-order valence-corrected chi connectivity index (χ4v) is 1.42. The van der Waals surface area contributed by atoms with Crippen molar-refractivity contribution >= 4 is 0 Å². The van der Waals surface area contributed by atoms with Crippen LogP contribution in [0.4, 0.5) is 0 Å². The van der Waals surface area contributed by atoms with Gasteiger partial charge in [0.1, 0.15) is 5.75 Å². The molecule has 0 saturated heterocycles. The molecule has 0 aliphatic carbocycles. The van der Waals surface area contributed by atoms with Gasteiger partial charge in [0.25, 0.3) is 0 Å². The second kappa shape index (κ2) is 6.08. The topological polar surface area (TPSA) is 33.0 Å². The van der Waals surface area contributed by atoms with Gasteiger partial charge in [-0.1, -0.05) is 32.0 Å². The van der Waals surface area contributed by atoms with E-state index >= 15 is 0 Å². The lowest BCUT2D eigenvalue weighted by molar-refractivity contribution is 0.308. The van der Waals surface area contributed by atoms with E-state index in [9.17, 15) is 0 Å². The van der Waals surface area contributed by atoms with Crippen molar-refractivity contribution in [2.75, 3.05) is 6.61 Å². The van der Waals surface area contributed by atoms with E-state index in [0.29, 0.717) is 18.9 Å². The molecule has 0 unspecified atom stereocenters. The van der Waals surface area contributed by atoms with Crippen LogP contribution in [0.5, 0.6) is 5.75 Å². The molecule has 0 heterocycles. The molecule has 0 aromatic heterocycles. The van der Waals surface area contributed by atoms with Gasteiger partial charge >= 0.3 is 0 Å². The van der Waals surface area contributed by atoms with Gasteiger partial charge in [0.2, 0.25) is 0 Å². The summed E-state index contributed by atoms with van der Waals surface area (Å²) in [5.41, 5.74) is 1.23. The van der Waals surface area contributed by atoms with Crippen LogP contribution in [-0.2, 0) is 0 Å². The van der Waals surface area contributed by atoms with Crippen LogP contribution in [-0.4, -0.2) is 6.61 Å². The Morgan fingerprint density at radius 1 is 1.33 bits per heavy atom. The van der Waals surface area contributed by atoms with E-state index in [-0.39, 0.29) is 0 Å². The van der Waals surface area contributed by atoms with E-state index in [4.69, 9.17) is 10.00 Å². The molecule has 0 aliphatic heterocycles. The highest BCUT2D eigenvalue weighted by atomic mass is 16.5. The molecular weight excluding hydrogens is 186 g/mol. The van der Waals surface area contributed by atoms with Crippen molar-refractivity contribution < 1.29 is 4.74 Å². The lowest BCUT2D eigenvalue weighted by Gasteiger charge is -2.13. The summed E-state index contributed by atoms with van der Waals surface area (Å²) >= 11 is 0. The van der Waals surface area contributed by atoms with Crippen LogP contribution in [0.15, 0.2) is 24.3 Å². The van der Waals surface area contributed by atoms with E-state index in [1.54, 1.807) is 0 Å². The quantitative estimate of drug-likeness (QED) is 0.686. The zero-order valence-electron chi connectivity index (χ0n) is 9.36. The van der Waals surface area contributed by atoms with Crippen molar-refractivity contribution in [3.05, 3.63) is 29.8 Å². The lowest BCUT2D eigenvalue weighted by Crippen LogP contribution is -2.00. The van der Waals surface area contributed by atoms with Gasteiger partial charge in [0.15, 0.2) is 0 Å². The van der Waals surface area contributed by atoms with Crippen LogP contribution in [0.25, 0.3) is 0 Å². The molecule has 80 valence electrons. The molecule has 0 amide bonds. The molecule has 0 N–H and O–H groups in total. The maximum absolute atomic E-state index is 8.40. The van der Waals surface area contributed by atoms with Crippen molar-refractivity contribution in [3.8, 4) is 11.8 Å². The predicted octanol–water partition coefficient (Wildman–Crippen LogP) is 3.49. The molecule has 0 bridgehead atoms. The van der Waals surface area contributed by atoms with Gasteiger partial charge < -0.3 is 4.74 Å². The third-order valence-electron chi connectivity index (χ3n) is 2.23. The number of hydrogen-bond donors (Lipinski definition) is 0. The van der Waals surface area contributed by atoms with E-state index in [2.05, 4.69) is 26.0 Å². The van der Waals surface area contributed by atoms with Gasteiger partial charge in [-0.05, 0) is 24.0 Å². The average Bonchev–Trinajstić information content (AvgIpc) is 2.25. The van der Waals surface area contributed by atoms with E-state index in [0.717, 1.165) is 12.2 Å². The highest BCUT2D eigenvalue weighted by molar-refractivity contribution is 5.35. The smallest absolute Gasteiger partial charge is 0.122 e. The molecule has 0 fully saturated rings. The first kappa shape index (κ1) is 11.6. The minimum Gasteiger partial charge on any atom is -0.493 e. The summed E-state index contributed by atoms with van der Waals surface area (Å²) in [6.07, 6.45) is 1.35. The fourth-order valence-electron chi connectivity index (χ4n) is 1.42. The SMILES string of the molecule is CC(C)c1ccccc1OCCCC#N. The summed E-state index contributed by atoms with van der Waals surface area (Å²) in [7, 11) is 0. The monoisotopic (exact) mass is 203 g/mol. The van der Waals surface area contributed by atoms with Crippen LogP contribution in [0, 0.1) is 11.3 Å². The van der Waals surface area contributed by atoms with Crippen molar-refractivity contribution in [2.24, 2.45) is 0 Å². The van der Waals surface area contributed by atoms with Crippen LogP contribution < -0.4 is 4.74 Å². The van der Waals surface area contributed by atoms with Gasteiger partial charge in [-0.25, -0.2) is 0 Å². The first-order valence-corrected chi connectivity index (χ1v) is 5.34. The van der Waals surface area contributed by atoms with Crippen molar-refractivity contribution in [1.29, 1.82) is 5.26 Å². The summed E-state index contributed by atoms with van der Waals surface area (Å²) in [5, 5.41) is 8.40. The third-order valence-corrected chi connectivity index (χ3v) is 2.23. The first-order valence-electron chi connectivity index (χ1n) is 5.34. The molecule has 15 heavy (non-hydrogen) atoms. The number of benzene rings is 1. The van der Waals surface area contributed by atoms with E-state index < -0.39 is 0 Å². The predicted molar refractivity (Wildman–Crippen MR) is 60.9 cm³/mol.